The molecule has 1 aliphatic rings. The van der Waals surface area contributed by atoms with Crippen molar-refractivity contribution in [2.75, 3.05) is 0 Å². The van der Waals surface area contributed by atoms with Gasteiger partial charge in [-0.1, -0.05) is 18.2 Å². The average Bonchev–Trinajstić information content (AvgIpc) is 2.43. The molecule has 1 fully saturated rings. The molecule has 0 bridgehead atoms. The van der Waals surface area contributed by atoms with Gasteiger partial charge in [0.25, 0.3) is 5.79 Å². The highest BCUT2D eigenvalue weighted by atomic mass is 19.3. The number of cyclic esters (lactones) is 2. The topological polar surface area (TPSA) is 61.8 Å². The molecule has 1 heterocycles. The van der Waals surface area contributed by atoms with Gasteiger partial charge in [-0.05, 0) is 12.1 Å². The lowest BCUT2D eigenvalue weighted by Crippen LogP contribution is -2.41. The summed E-state index contributed by atoms with van der Waals surface area (Å²) in [6.45, 7) is 2.67. The van der Waals surface area contributed by atoms with Crippen LogP contribution in [0.2, 0.25) is 0 Å². The van der Waals surface area contributed by atoms with E-state index >= 15 is 0 Å². The third-order valence-corrected chi connectivity index (χ3v) is 2.84. The van der Waals surface area contributed by atoms with Crippen LogP contribution in [0.4, 0.5) is 17.6 Å². The molecular weight excluding hydrogens is 336 g/mol. The Hall–Kier alpha value is -2.58. The van der Waals surface area contributed by atoms with E-state index in [2.05, 4.69) is 4.74 Å². The Bertz CT molecular complexity index is 675. The number of hydrogen-bond donors (Lipinski definition) is 0. The fourth-order valence-corrected chi connectivity index (χ4v) is 1.82. The Balaban J connectivity index is 2.37. The molecule has 1 aromatic carbocycles. The molecule has 0 aromatic heterocycles. The monoisotopic (exact) mass is 348 g/mol. The smallest absolute Gasteiger partial charge is 0.428 e. The molecule has 0 aliphatic carbocycles. The van der Waals surface area contributed by atoms with Crippen LogP contribution in [0.3, 0.4) is 0 Å². The van der Waals surface area contributed by atoms with Gasteiger partial charge in [0.1, 0.15) is 11.3 Å². The van der Waals surface area contributed by atoms with Gasteiger partial charge in [-0.15, -0.1) is 0 Å². The van der Waals surface area contributed by atoms with Crippen LogP contribution in [-0.4, -0.2) is 30.3 Å². The second kappa shape index (κ2) is 6.14. The van der Waals surface area contributed by atoms with Gasteiger partial charge < -0.3 is 14.2 Å². The summed E-state index contributed by atoms with van der Waals surface area (Å²) >= 11 is 0. The number of carbonyl (C=O) groups excluding carboxylic acids is 2. The molecule has 0 amide bonds. The maximum absolute atomic E-state index is 13.1. The predicted molar refractivity (Wildman–Crippen MR) is 72.3 cm³/mol. The number of carbonyl (C=O) groups is 2. The van der Waals surface area contributed by atoms with Gasteiger partial charge in [-0.2, -0.15) is 17.6 Å². The van der Waals surface area contributed by atoms with Crippen molar-refractivity contribution in [3.05, 3.63) is 35.4 Å². The third kappa shape index (κ3) is 3.84. The summed E-state index contributed by atoms with van der Waals surface area (Å²) in [4.78, 5) is 23.7. The second-order valence-electron chi connectivity index (χ2n) is 5.24. The Morgan fingerprint density at radius 1 is 1.12 bits per heavy atom. The second-order valence-corrected chi connectivity index (χ2v) is 5.24. The highest BCUT2D eigenvalue weighted by Gasteiger charge is 2.44. The summed E-state index contributed by atoms with van der Waals surface area (Å²) in [5, 5.41) is 0. The lowest BCUT2D eigenvalue weighted by Gasteiger charge is -2.29. The molecule has 0 saturated carbocycles. The third-order valence-electron chi connectivity index (χ3n) is 2.84. The molecule has 5 nitrogen and oxygen atoms in total. The van der Waals surface area contributed by atoms with Crippen molar-refractivity contribution in [1.29, 1.82) is 0 Å². The van der Waals surface area contributed by atoms with Gasteiger partial charge >= 0.3 is 24.5 Å². The maximum atomic E-state index is 13.1. The normalized spacial score (nSPS) is 17.4. The van der Waals surface area contributed by atoms with E-state index < -0.39 is 41.6 Å². The summed E-state index contributed by atoms with van der Waals surface area (Å²) in [5.41, 5.74) is -0.771. The summed E-state index contributed by atoms with van der Waals surface area (Å²) in [7, 11) is 0. The Labute approximate surface area is 133 Å². The number of rotatable bonds is 4. The molecule has 0 atom stereocenters. The zero-order valence-electron chi connectivity index (χ0n) is 12.5. The van der Waals surface area contributed by atoms with Crippen LogP contribution >= 0.6 is 0 Å². The van der Waals surface area contributed by atoms with Crippen molar-refractivity contribution >= 4 is 18.0 Å². The van der Waals surface area contributed by atoms with E-state index in [9.17, 15) is 27.2 Å². The fraction of sp³-hybridized carbons (Fsp3) is 0.333. The lowest BCUT2D eigenvalue weighted by atomic mass is 10.1. The van der Waals surface area contributed by atoms with Crippen LogP contribution in [0.25, 0.3) is 6.08 Å². The highest BCUT2D eigenvalue weighted by molar-refractivity contribution is 6.19. The molecule has 130 valence electrons. The molecule has 2 rings (SSSR count). The quantitative estimate of drug-likeness (QED) is 0.362. The summed E-state index contributed by atoms with van der Waals surface area (Å²) in [6, 6.07) is 4.83. The molecule has 0 radical (unpaired) electrons. The van der Waals surface area contributed by atoms with Gasteiger partial charge in [-0.25, -0.2) is 9.59 Å². The Morgan fingerprint density at radius 3 is 2.21 bits per heavy atom. The van der Waals surface area contributed by atoms with Crippen molar-refractivity contribution in [2.24, 2.45) is 0 Å². The van der Waals surface area contributed by atoms with E-state index in [1.165, 1.54) is 32.0 Å². The SMILES string of the molecule is CC1(C)OC(=O)C(=Cc2ccccc2OC(F)(F)C(F)F)C(=O)O1. The standard InChI is InChI=1S/C15H12F4O5/c1-14(2)23-11(20)9(12(21)24-14)7-8-5-3-4-6-10(8)22-15(18,19)13(16)17/h3-7,13H,1-2H3. The van der Waals surface area contributed by atoms with Crippen molar-refractivity contribution < 1.29 is 41.4 Å². The highest BCUT2D eigenvalue weighted by Crippen LogP contribution is 2.32. The van der Waals surface area contributed by atoms with Crippen LogP contribution in [0, 0.1) is 0 Å². The number of hydrogen-bond acceptors (Lipinski definition) is 5. The van der Waals surface area contributed by atoms with Crippen molar-refractivity contribution in [2.45, 2.75) is 32.2 Å². The van der Waals surface area contributed by atoms with Crippen molar-refractivity contribution in [3.8, 4) is 5.75 Å². The van der Waals surface area contributed by atoms with E-state index in [0.29, 0.717) is 0 Å². The Kier molecular flexibility index (Phi) is 4.54. The fourth-order valence-electron chi connectivity index (χ4n) is 1.82. The molecule has 24 heavy (non-hydrogen) atoms. The van der Waals surface area contributed by atoms with Gasteiger partial charge in [0.05, 0.1) is 0 Å². The minimum Gasteiger partial charge on any atom is -0.428 e. The van der Waals surface area contributed by atoms with E-state index in [-0.39, 0.29) is 5.56 Å². The lowest BCUT2D eigenvalue weighted by molar-refractivity contribution is -0.253. The zero-order chi connectivity index (χ0) is 18.1. The van der Waals surface area contributed by atoms with Crippen LogP contribution in [0.1, 0.15) is 19.4 Å². The zero-order valence-corrected chi connectivity index (χ0v) is 12.5. The molecule has 1 aromatic rings. The molecule has 1 saturated heterocycles. The van der Waals surface area contributed by atoms with E-state index in [4.69, 9.17) is 9.47 Å². The number of alkyl halides is 4. The van der Waals surface area contributed by atoms with Crippen LogP contribution in [-0.2, 0) is 19.1 Å². The molecule has 1 aliphatic heterocycles. The van der Waals surface area contributed by atoms with E-state index in [1.807, 2.05) is 0 Å². The number of halogens is 4. The first-order valence-electron chi connectivity index (χ1n) is 6.64. The van der Waals surface area contributed by atoms with Gasteiger partial charge in [-0.3, -0.25) is 0 Å². The van der Waals surface area contributed by atoms with Crippen LogP contribution in [0.15, 0.2) is 29.8 Å². The summed E-state index contributed by atoms with van der Waals surface area (Å²) < 4.78 is 64.4. The van der Waals surface area contributed by atoms with Gasteiger partial charge in [0, 0.05) is 19.4 Å². The Morgan fingerprint density at radius 2 is 1.67 bits per heavy atom. The minimum absolute atomic E-state index is 0.193. The number of ether oxygens (including phenoxy) is 3. The number of esters is 2. The largest absolute Gasteiger partial charge is 0.461 e. The molecule has 0 N–H and O–H groups in total. The molecule has 0 spiro atoms. The summed E-state index contributed by atoms with van der Waals surface area (Å²) in [6.07, 6.45) is -7.91. The van der Waals surface area contributed by atoms with E-state index in [1.54, 1.807) is 0 Å². The summed E-state index contributed by atoms with van der Waals surface area (Å²) in [5.74, 6) is -4.18. The van der Waals surface area contributed by atoms with E-state index in [0.717, 1.165) is 12.1 Å². The first-order chi connectivity index (χ1) is 11.0. The minimum atomic E-state index is -4.73. The van der Waals surface area contributed by atoms with Gasteiger partial charge in [0.2, 0.25) is 0 Å². The first kappa shape index (κ1) is 17.8. The van der Waals surface area contributed by atoms with Crippen LogP contribution < -0.4 is 4.74 Å². The molecule has 0 unspecified atom stereocenters. The average molecular weight is 348 g/mol. The number of benzene rings is 1. The predicted octanol–water partition coefficient (Wildman–Crippen LogP) is 3.14. The van der Waals surface area contributed by atoms with Gasteiger partial charge in [0.15, 0.2) is 0 Å². The molecular formula is C15H12F4O5. The number of para-hydroxylation sites is 1. The first-order valence-corrected chi connectivity index (χ1v) is 6.64. The van der Waals surface area contributed by atoms with Crippen molar-refractivity contribution in [3.63, 3.8) is 0 Å². The maximum Gasteiger partial charge on any atom is 0.461 e. The van der Waals surface area contributed by atoms with Crippen LogP contribution in [0.5, 0.6) is 5.75 Å². The molecule has 9 heteroatoms. The van der Waals surface area contributed by atoms with Crippen molar-refractivity contribution in [1.82, 2.24) is 0 Å².